The Morgan fingerprint density at radius 1 is 1.33 bits per heavy atom. The van der Waals surface area contributed by atoms with Gasteiger partial charge in [-0.25, -0.2) is 8.42 Å². The van der Waals surface area contributed by atoms with Crippen LogP contribution in [0.1, 0.15) is 0 Å². The molecule has 0 spiro atoms. The van der Waals surface area contributed by atoms with Crippen LogP contribution in [-0.2, 0) is 9.84 Å². The first-order valence-corrected chi connectivity index (χ1v) is 5.09. The Labute approximate surface area is 69.1 Å². The lowest BCUT2D eigenvalue weighted by Gasteiger charge is -1.92. The standard InChI is InChI=1S/C6H5N3O2S/c1-12(10,11)6-5-4(8-9-6)2-3-7-5/h2-3H,1H3. The van der Waals surface area contributed by atoms with Crippen molar-refractivity contribution in [2.24, 2.45) is 15.2 Å². The summed E-state index contributed by atoms with van der Waals surface area (Å²) in [6.45, 7) is 0. The van der Waals surface area contributed by atoms with Gasteiger partial charge in [-0.3, -0.25) is 4.99 Å². The van der Waals surface area contributed by atoms with Crippen molar-refractivity contribution < 1.29 is 8.42 Å². The minimum absolute atomic E-state index is 0.0394. The van der Waals surface area contributed by atoms with E-state index >= 15 is 0 Å². The van der Waals surface area contributed by atoms with E-state index in [9.17, 15) is 8.42 Å². The molecule has 0 saturated carbocycles. The third-order valence-corrected chi connectivity index (χ3v) is 2.46. The van der Waals surface area contributed by atoms with E-state index in [1.165, 1.54) is 6.21 Å². The Morgan fingerprint density at radius 2 is 2.08 bits per heavy atom. The molecule has 2 heterocycles. The molecular weight excluding hydrogens is 178 g/mol. The normalized spacial score (nSPS) is 20.2. The lowest BCUT2D eigenvalue weighted by molar-refractivity contribution is 0.606. The van der Waals surface area contributed by atoms with Crippen molar-refractivity contribution in [2.45, 2.75) is 0 Å². The van der Waals surface area contributed by atoms with Crippen LogP contribution in [0.4, 0.5) is 0 Å². The van der Waals surface area contributed by atoms with Crippen LogP contribution in [0.2, 0.25) is 0 Å². The fraction of sp³-hybridized carbons (Fsp3) is 0.167. The van der Waals surface area contributed by atoms with Crippen molar-refractivity contribution in [1.29, 1.82) is 0 Å². The second kappa shape index (κ2) is 2.10. The molecule has 2 aliphatic rings. The number of allylic oxidation sites excluding steroid dienone is 1. The summed E-state index contributed by atoms with van der Waals surface area (Å²) >= 11 is 0. The lowest BCUT2D eigenvalue weighted by Crippen LogP contribution is -1.98. The van der Waals surface area contributed by atoms with Crippen molar-refractivity contribution in [2.75, 3.05) is 6.26 Å². The average molecular weight is 183 g/mol. The van der Waals surface area contributed by atoms with Gasteiger partial charge in [-0.2, -0.15) is 0 Å². The number of hydrogen-bond acceptors (Lipinski definition) is 5. The summed E-state index contributed by atoms with van der Waals surface area (Å²) in [7, 11) is -3.29. The first-order valence-electron chi connectivity index (χ1n) is 3.20. The molecule has 0 atom stereocenters. The molecule has 0 aliphatic carbocycles. The van der Waals surface area contributed by atoms with E-state index in [4.69, 9.17) is 0 Å². The molecular formula is C6H5N3O2S. The second-order valence-electron chi connectivity index (χ2n) is 2.46. The molecule has 0 aromatic heterocycles. The third-order valence-electron chi connectivity index (χ3n) is 1.48. The zero-order valence-corrected chi connectivity index (χ0v) is 7.04. The van der Waals surface area contributed by atoms with Crippen LogP contribution in [0.15, 0.2) is 37.7 Å². The molecule has 0 radical (unpaired) electrons. The fourth-order valence-corrected chi connectivity index (χ4v) is 1.67. The summed E-state index contributed by atoms with van der Waals surface area (Å²) < 4.78 is 22.1. The summed E-state index contributed by atoms with van der Waals surface area (Å²) in [6, 6.07) is 0. The van der Waals surface area contributed by atoms with Gasteiger partial charge < -0.3 is 0 Å². The SMILES string of the molecule is CS(=O)(=O)C1=C2N=CC=C2N=N1. The third kappa shape index (κ3) is 0.918. The van der Waals surface area contributed by atoms with Crippen LogP contribution < -0.4 is 0 Å². The van der Waals surface area contributed by atoms with Crippen molar-refractivity contribution in [1.82, 2.24) is 0 Å². The molecule has 0 N–H and O–H groups in total. The van der Waals surface area contributed by atoms with Gasteiger partial charge in [0, 0.05) is 12.5 Å². The van der Waals surface area contributed by atoms with Gasteiger partial charge in [-0.05, 0) is 6.08 Å². The minimum Gasteiger partial charge on any atom is -0.251 e. The summed E-state index contributed by atoms with van der Waals surface area (Å²) in [6.07, 6.45) is 4.22. The van der Waals surface area contributed by atoms with E-state index < -0.39 is 9.84 Å². The van der Waals surface area contributed by atoms with Crippen LogP contribution >= 0.6 is 0 Å². The number of sulfone groups is 1. The quantitative estimate of drug-likeness (QED) is 0.598. The highest BCUT2D eigenvalue weighted by molar-refractivity contribution is 7.94. The molecule has 0 bridgehead atoms. The first-order chi connectivity index (χ1) is 5.59. The molecule has 62 valence electrons. The Kier molecular flexibility index (Phi) is 1.29. The maximum absolute atomic E-state index is 11.1. The Balaban J connectivity index is 2.67. The molecule has 2 rings (SSSR count). The van der Waals surface area contributed by atoms with Gasteiger partial charge in [0.25, 0.3) is 0 Å². The Bertz CT molecular complexity index is 453. The van der Waals surface area contributed by atoms with Crippen LogP contribution in [0.25, 0.3) is 0 Å². The van der Waals surface area contributed by atoms with Gasteiger partial charge in [0.05, 0.1) is 0 Å². The highest BCUT2D eigenvalue weighted by atomic mass is 32.2. The minimum atomic E-state index is -3.29. The number of aliphatic imine (C=N–C) groups is 1. The van der Waals surface area contributed by atoms with Crippen LogP contribution in [0.3, 0.4) is 0 Å². The number of rotatable bonds is 1. The Morgan fingerprint density at radius 3 is 2.75 bits per heavy atom. The van der Waals surface area contributed by atoms with Crippen LogP contribution in [0.5, 0.6) is 0 Å². The lowest BCUT2D eigenvalue weighted by atomic mass is 10.4. The number of nitrogens with zero attached hydrogens (tertiary/aromatic N) is 3. The molecule has 0 amide bonds. The zero-order chi connectivity index (χ0) is 8.77. The summed E-state index contributed by atoms with van der Waals surface area (Å²) in [5.74, 6) is 0. The maximum atomic E-state index is 11.1. The summed E-state index contributed by atoms with van der Waals surface area (Å²) in [4.78, 5) is 3.84. The molecule has 0 aromatic carbocycles. The van der Waals surface area contributed by atoms with Gasteiger partial charge >= 0.3 is 0 Å². The van der Waals surface area contributed by atoms with Crippen molar-refractivity contribution >= 4 is 16.1 Å². The van der Waals surface area contributed by atoms with E-state index in [2.05, 4.69) is 15.2 Å². The summed E-state index contributed by atoms with van der Waals surface area (Å²) in [5.41, 5.74) is 0.882. The van der Waals surface area contributed by atoms with Gasteiger partial charge in [0.1, 0.15) is 11.4 Å². The van der Waals surface area contributed by atoms with E-state index in [1.807, 2.05) is 0 Å². The van der Waals surface area contributed by atoms with E-state index in [-0.39, 0.29) is 5.03 Å². The maximum Gasteiger partial charge on any atom is 0.205 e. The van der Waals surface area contributed by atoms with Gasteiger partial charge in [-0.15, -0.1) is 10.2 Å². The summed E-state index contributed by atoms with van der Waals surface area (Å²) in [5, 5.41) is 7.14. The molecule has 0 aromatic rings. The molecule has 2 aliphatic heterocycles. The van der Waals surface area contributed by atoms with E-state index in [1.54, 1.807) is 6.08 Å². The smallest absolute Gasteiger partial charge is 0.205 e. The van der Waals surface area contributed by atoms with Gasteiger partial charge in [0.2, 0.25) is 5.03 Å². The van der Waals surface area contributed by atoms with Crippen molar-refractivity contribution in [3.8, 4) is 0 Å². The topological polar surface area (TPSA) is 71.2 Å². The number of azo groups is 1. The van der Waals surface area contributed by atoms with Gasteiger partial charge in [-0.1, -0.05) is 0 Å². The molecule has 0 saturated heterocycles. The molecule has 0 fully saturated rings. The predicted molar refractivity (Wildman–Crippen MR) is 43.3 cm³/mol. The van der Waals surface area contributed by atoms with E-state index in [0.717, 1.165) is 6.26 Å². The molecule has 6 heteroatoms. The molecule has 12 heavy (non-hydrogen) atoms. The van der Waals surface area contributed by atoms with Crippen LogP contribution in [-0.4, -0.2) is 20.9 Å². The van der Waals surface area contributed by atoms with Gasteiger partial charge in [0.15, 0.2) is 9.84 Å². The van der Waals surface area contributed by atoms with E-state index in [0.29, 0.717) is 11.4 Å². The highest BCUT2D eigenvalue weighted by Crippen LogP contribution is 2.31. The van der Waals surface area contributed by atoms with Crippen LogP contribution in [0, 0.1) is 0 Å². The van der Waals surface area contributed by atoms with Crippen molar-refractivity contribution in [3.63, 3.8) is 0 Å². The average Bonchev–Trinajstić information content (AvgIpc) is 2.37. The second-order valence-corrected chi connectivity index (χ2v) is 4.39. The largest absolute Gasteiger partial charge is 0.251 e. The first kappa shape index (κ1) is 7.35. The monoisotopic (exact) mass is 183 g/mol. The number of fused-ring (bicyclic) bond motifs is 1. The zero-order valence-electron chi connectivity index (χ0n) is 6.22. The number of hydrogen-bond donors (Lipinski definition) is 0. The van der Waals surface area contributed by atoms with Crippen molar-refractivity contribution in [3.05, 3.63) is 22.5 Å². The molecule has 0 unspecified atom stereocenters. The fourth-order valence-electron chi connectivity index (χ4n) is 0.969. The molecule has 5 nitrogen and oxygen atoms in total. The highest BCUT2D eigenvalue weighted by Gasteiger charge is 2.26. The predicted octanol–water partition coefficient (Wildman–Crippen LogP) is 0.634. The Hall–Kier alpha value is -1.30.